The second-order valence-electron chi connectivity index (χ2n) is 12.8. The van der Waals surface area contributed by atoms with Gasteiger partial charge in [-0.05, 0) is 99.0 Å². The molecule has 0 aromatic carbocycles. The topological polar surface area (TPSA) is 90.1 Å². The van der Waals surface area contributed by atoms with Gasteiger partial charge in [0.05, 0.1) is 11.7 Å². The van der Waals surface area contributed by atoms with Crippen LogP contribution in [0.15, 0.2) is 0 Å². The molecule has 33 heavy (non-hydrogen) atoms. The maximum atomic E-state index is 13.6. The molecule has 0 saturated heterocycles. The predicted octanol–water partition coefficient (Wildman–Crippen LogP) is 3.98. The van der Waals surface area contributed by atoms with Crippen molar-refractivity contribution in [1.82, 2.24) is 20.2 Å². The number of rotatable bonds is 4. The predicted molar refractivity (Wildman–Crippen MR) is 124 cm³/mol. The van der Waals surface area contributed by atoms with Crippen molar-refractivity contribution in [3.05, 3.63) is 5.82 Å². The van der Waals surface area contributed by atoms with E-state index < -0.39 is 5.60 Å². The van der Waals surface area contributed by atoms with Crippen LogP contribution in [0.4, 0.5) is 0 Å². The number of aryl methyl sites for hydroxylation is 1. The molecule has 4 aliphatic carbocycles. The molecule has 0 bridgehead atoms. The standard InChI is InChI=1S/C26H42N4O3/c1-16-27-29-30(28-16)15-21(31)19-9-10-25(4)18-8-7-17-14-23(2,32)11-12-24(17,3)20(18)13-22(33-6)26(19,25)5/h17-20,22,32H,7-15H2,1-6H3/t17-,18+,19+,20-,22+,23+,24-,25-,26-/m0/s1. The lowest BCUT2D eigenvalue weighted by molar-refractivity contribution is -0.219. The third-order valence-electron chi connectivity index (χ3n) is 11.4. The van der Waals surface area contributed by atoms with Crippen molar-refractivity contribution in [2.75, 3.05) is 7.11 Å². The SMILES string of the molecule is CO[C@@H]1C[C@H]2[C@@H](CC[C@H]3C[C@](C)(O)CC[C@@]32C)[C@]2(C)CC[C@H](C(=O)Cn3nnc(C)n3)[C@@]12C. The Kier molecular flexibility index (Phi) is 5.37. The summed E-state index contributed by atoms with van der Waals surface area (Å²) in [5.41, 5.74) is -0.407. The zero-order valence-corrected chi connectivity index (χ0v) is 21.3. The highest BCUT2D eigenvalue weighted by molar-refractivity contribution is 5.82. The van der Waals surface area contributed by atoms with Gasteiger partial charge in [-0.25, -0.2) is 0 Å². The Morgan fingerprint density at radius 3 is 2.55 bits per heavy atom. The van der Waals surface area contributed by atoms with Gasteiger partial charge in [-0.2, -0.15) is 4.80 Å². The van der Waals surface area contributed by atoms with Crippen LogP contribution in [0, 0.1) is 46.8 Å². The van der Waals surface area contributed by atoms with Crippen molar-refractivity contribution in [3.8, 4) is 0 Å². The maximum Gasteiger partial charge on any atom is 0.171 e. The second-order valence-corrected chi connectivity index (χ2v) is 12.8. The van der Waals surface area contributed by atoms with Gasteiger partial charge in [0, 0.05) is 18.4 Å². The van der Waals surface area contributed by atoms with E-state index in [1.165, 1.54) is 17.6 Å². The van der Waals surface area contributed by atoms with Gasteiger partial charge in [-0.1, -0.05) is 20.8 Å². The number of ketones is 1. The number of tetrazole rings is 1. The lowest BCUT2D eigenvalue weighted by atomic mass is 9.39. The first-order valence-corrected chi connectivity index (χ1v) is 13.0. The van der Waals surface area contributed by atoms with Gasteiger partial charge in [0.25, 0.3) is 0 Å². The minimum atomic E-state index is -0.524. The van der Waals surface area contributed by atoms with E-state index in [0.717, 1.165) is 38.5 Å². The Bertz CT molecular complexity index is 930. The quantitative estimate of drug-likeness (QED) is 0.734. The molecule has 9 atom stereocenters. The highest BCUT2D eigenvalue weighted by Crippen LogP contribution is 2.73. The molecule has 5 rings (SSSR count). The lowest BCUT2D eigenvalue weighted by Gasteiger charge is -2.66. The van der Waals surface area contributed by atoms with E-state index in [2.05, 4.69) is 36.2 Å². The molecule has 0 unspecified atom stereocenters. The number of hydrogen-bond acceptors (Lipinski definition) is 6. The molecule has 7 nitrogen and oxygen atoms in total. The first kappa shape index (κ1) is 23.4. The summed E-state index contributed by atoms with van der Waals surface area (Å²) in [5.74, 6) is 2.53. The molecule has 4 saturated carbocycles. The fourth-order valence-corrected chi connectivity index (χ4v) is 9.31. The molecule has 0 spiro atoms. The average molecular weight is 459 g/mol. The largest absolute Gasteiger partial charge is 0.390 e. The van der Waals surface area contributed by atoms with Crippen molar-refractivity contribution in [2.24, 2.45) is 39.9 Å². The van der Waals surface area contributed by atoms with E-state index in [0.29, 0.717) is 23.6 Å². The Morgan fingerprint density at radius 2 is 1.88 bits per heavy atom. The molecular weight excluding hydrogens is 416 g/mol. The van der Waals surface area contributed by atoms with E-state index in [9.17, 15) is 9.90 Å². The number of carbonyl (C=O) groups excluding carboxylic acids is 1. The zero-order valence-electron chi connectivity index (χ0n) is 21.3. The fourth-order valence-electron chi connectivity index (χ4n) is 9.31. The molecule has 1 heterocycles. The van der Waals surface area contributed by atoms with Crippen LogP contribution in [0.2, 0.25) is 0 Å². The summed E-state index contributed by atoms with van der Waals surface area (Å²) in [4.78, 5) is 15.0. The third-order valence-corrected chi connectivity index (χ3v) is 11.4. The Balaban J connectivity index is 1.46. The molecule has 0 radical (unpaired) electrons. The van der Waals surface area contributed by atoms with E-state index in [4.69, 9.17) is 4.74 Å². The zero-order chi connectivity index (χ0) is 23.8. The van der Waals surface area contributed by atoms with Crippen molar-refractivity contribution in [1.29, 1.82) is 0 Å². The smallest absolute Gasteiger partial charge is 0.171 e. The van der Waals surface area contributed by atoms with E-state index in [1.807, 2.05) is 14.0 Å². The monoisotopic (exact) mass is 458 g/mol. The van der Waals surface area contributed by atoms with Crippen molar-refractivity contribution in [3.63, 3.8) is 0 Å². The Labute approximate surface area is 198 Å². The van der Waals surface area contributed by atoms with Crippen LogP contribution in [0.3, 0.4) is 0 Å². The van der Waals surface area contributed by atoms with Gasteiger partial charge in [-0.15, -0.1) is 10.2 Å². The van der Waals surface area contributed by atoms with E-state index in [-0.39, 0.29) is 40.6 Å². The molecule has 184 valence electrons. The average Bonchev–Trinajstić information content (AvgIpc) is 3.28. The molecule has 7 heteroatoms. The first-order valence-electron chi connectivity index (χ1n) is 13.0. The van der Waals surface area contributed by atoms with Crippen molar-refractivity contribution < 1.29 is 14.6 Å². The highest BCUT2D eigenvalue weighted by atomic mass is 16.5. The number of fused-ring (bicyclic) bond motifs is 5. The number of hydrogen-bond donors (Lipinski definition) is 1. The number of aliphatic hydroxyl groups is 1. The van der Waals surface area contributed by atoms with Crippen LogP contribution in [-0.4, -0.2) is 49.9 Å². The molecule has 1 N–H and O–H groups in total. The van der Waals surface area contributed by atoms with Crippen molar-refractivity contribution in [2.45, 2.75) is 104 Å². The number of methoxy groups -OCH3 is 1. The number of carbonyl (C=O) groups is 1. The van der Waals surface area contributed by atoms with Crippen molar-refractivity contribution >= 4 is 5.78 Å². The van der Waals surface area contributed by atoms with Gasteiger partial charge in [0.15, 0.2) is 11.6 Å². The summed E-state index contributed by atoms with van der Waals surface area (Å²) in [6.07, 6.45) is 8.36. The maximum absolute atomic E-state index is 13.6. The van der Waals surface area contributed by atoms with Gasteiger partial charge < -0.3 is 9.84 Å². The molecule has 0 amide bonds. The number of nitrogens with zero attached hydrogens (tertiary/aromatic N) is 4. The summed E-state index contributed by atoms with van der Waals surface area (Å²) in [5, 5.41) is 23.0. The highest BCUT2D eigenvalue weighted by Gasteiger charge is 2.70. The van der Waals surface area contributed by atoms with Crippen LogP contribution >= 0.6 is 0 Å². The summed E-state index contributed by atoms with van der Waals surface area (Å²) >= 11 is 0. The van der Waals surface area contributed by atoms with Crippen LogP contribution in [0.1, 0.15) is 84.9 Å². The number of aromatic nitrogens is 4. The van der Waals surface area contributed by atoms with E-state index >= 15 is 0 Å². The Hall–Kier alpha value is -1.34. The first-order chi connectivity index (χ1) is 15.4. The van der Waals surface area contributed by atoms with Gasteiger partial charge in [0.2, 0.25) is 0 Å². The minimum absolute atomic E-state index is 0.0441. The molecule has 4 fully saturated rings. The van der Waals surface area contributed by atoms with Crippen LogP contribution in [-0.2, 0) is 16.1 Å². The molecule has 0 aliphatic heterocycles. The fraction of sp³-hybridized carbons (Fsp3) is 0.923. The normalized spacial score (nSPS) is 49.2. The second kappa shape index (κ2) is 7.58. The van der Waals surface area contributed by atoms with Gasteiger partial charge >= 0.3 is 0 Å². The third kappa shape index (κ3) is 3.28. The molecule has 1 aromatic heterocycles. The van der Waals surface area contributed by atoms with Crippen LogP contribution in [0.5, 0.6) is 0 Å². The summed E-state index contributed by atoms with van der Waals surface area (Å²) in [6, 6.07) is 0. The minimum Gasteiger partial charge on any atom is -0.390 e. The molecule has 1 aromatic rings. The van der Waals surface area contributed by atoms with Gasteiger partial charge in [-0.3, -0.25) is 4.79 Å². The van der Waals surface area contributed by atoms with Crippen LogP contribution in [0.25, 0.3) is 0 Å². The number of Topliss-reactive ketones (excluding diaryl/α,β-unsaturated/α-hetero) is 1. The Morgan fingerprint density at radius 1 is 1.12 bits per heavy atom. The summed E-state index contributed by atoms with van der Waals surface area (Å²) in [6.45, 7) is 11.3. The summed E-state index contributed by atoms with van der Waals surface area (Å²) in [7, 11) is 1.84. The lowest BCUT2D eigenvalue weighted by Crippen LogP contribution is -2.64. The molecular formula is C26H42N4O3. The number of ether oxygens (including phenoxy) is 1. The van der Waals surface area contributed by atoms with E-state index in [1.54, 1.807) is 6.92 Å². The van der Waals surface area contributed by atoms with Gasteiger partial charge in [0.1, 0.15) is 6.54 Å². The van der Waals surface area contributed by atoms with Crippen LogP contribution < -0.4 is 0 Å². The molecule has 4 aliphatic rings. The summed E-state index contributed by atoms with van der Waals surface area (Å²) < 4.78 is 6.27.